The topological polar surface area (TPSA) is 124 Å². The fraction of sp³-hybridized carbons (Fsp3) is 0.130. The molecule has 1 aliphatic heterocycles. The molecule has 1 atom stereocenters. The summed E-state index contributed by atoms with van der Waals surface area (Å²) in [4.78, 5) is 30.5. The van der Waals surface area contributed by atoms with Crippen molar-refractivity contribution in [3.05, 3.63) is 88.1 Å². The zero-order valence-corrected chi connectivity index (χ0v) is 19.2. The Kier molecular flexibility index (Phi) is 5.66. The van der Waals surface area contributed by atoms with Crippen LogP contribution in [0.5, 0.6) is 0 Å². The summed E-state index contributed by atoms with van der Waals surface area (Å²) in [6.07, 6.45) is 0.621. The highest BCUT2D eigenvalue weighted by Crippen LogP contribution is 2.36. The number of benzene rings is 3. The van der Waals surface area contributed by atoms with Crippen LogP contribution < -0.4 is 15.7 Å². The van der Waals surface area contributed by atoms with E-state index in [4.69, 9.17) is 0 Å². The molecule has 11 heteroatoms. The van der Waals surface area contributed by atoms with Crippen LogP contribution in [0.25, 0.3) is 11.0 Å². The number of imidazole rings is 1. The van der Waals surface area contributed by atoms with Gasteiger partial charge in [0.1, 0.15) is 5.82 Å². The predicted molar refractivity (Wildman–Crippen MR) is 128 cm³/mol. The molecule has 0 spiro atoms. The monoisotopic (exact) mass is 498 g/mol. The van der Waals surface area contributed by atoms with Crippen LogP contribution in [0.15, 0.2) is 75.2 Å². The van der Waals surface area contributed by atoms with Crippen molar-refractivity contribution in [2.75, 3.05) is 10.5 Å². The average Bonchev–Trinajstić information content (AvgIpc) is 3.19. The van der Waals surface area contributed by atoms with E-state index in [0.29, 0.717) is 23.0 Å². The lowest BCUT2D eigenvalue weighted by Gasteiger charge is -2.26. The van der Waals surface area contributed by atoms with E-state index in [1.54, 1.807) is 30.0 Å². The number of amides is 1. The van der Waals surface area contributed by atoms with Gasteiger partial charge in [0.15, 0.2) is 0 Å². The van der Waals surface area contributed by atoms with Crippen molar-refractivity contribution in [2.24, 2.45) is 0 Å². The van der Waals surface area contributed by atoms with Crippen LogP contribution in [0.4, 0.5) is 10.1 Å². The van der Waals surface area contributed by atoms with Gasteiger partial charge in [0.2, 0.25) is 0 Å². The summed E-state index contributed by atoms with van der Waals surface area (Å²) >= 11 is 1.60. The van der Waals surface area contributed by atoms with E-state index in [-0.39, 0.29) is 22.0 Å². The molecule has 0 bridgehead atoms. The van der Waals surface area contributed by atoms with Crippen molar-refractivity contribution >= 4 is 44.4 Å². The molecule has 3 aromatic carbocycles. The number of carbonyl (C=O) groups excluding carboxylic acids is 1. The van der Waals surface area contributed by atoms with Crippen molar-refractivity contribution < 1.29 is 17.6 Å². The number of fused-ring (bicyclic) bond motifs is 2. The summed E-state index contributed by atoms with van der Waals surface area (Å²) in [6.45, 7) is 0. The molecule has 5 rings (SSSR count). The summed E-state index contributed by atoms with van der Waals surface area (Å²) in [7, 11) is -4.06. The molecule has 4 aromatic rings. The first kappa shape index (κ1) is 22.2. The Hall–Kier alpha value is -3.57. The molecule has 4 N–H and O–H groups in total. The molecule has 1 aliphatic rings. The number of H-pyrrole nitrogens is 2. The number of carbonyl (C=O) groups is 1. The number of aromatic amines is 2. The van der Waals surface area contributed by atoms with Crippen LogP contribution in [0, 0.1) is 5.82 Å². The molecule has 174 valence electrons. The third-order valence-electron chi connectivity index (χ3n) is 5.53. The third-order valence-corrected chi connectivity index (χ3v) is 8.02. The molecule has 0 saturated heterocycles. The first-order chi connectivity index (χ1) is 16.3. The maximum atomic E-state index is 13.8. The van der Waals surface area contributed by atoms with Crippen molar-refractivity contribution in [1.82, 2.24) is 15.3 Å². The lowest BCUT2D eigenvalue weighted by Crippen LogP contribution is -2.31. The minimum atomic E-state index is -4.06. The fourth-order valence-electron chi connectivity index (χ4n) is 3.90. The standard InChI is InChI=1S/C23H19FN4O4S2/c24-13-5-8-21-16(11-13)17(9-10-33-21)25-22(29)15-3-1-2-4-18(15)28-34(31,32)14-6-7-19-20(12-14)27-23(30)26-19/h1-8,11-12,17,28H,9-10H2,(H,25,29)(H2,26,27,30). The number of rotatable bonds is 5. The summed E-state index contributed by atoms with van der Waals surface area (Å²) in [5.74, 6) is -0.0908. The molecule has 0 aliphatic carbocycles. The van der Waals surface area contributed by atoms with E-state index >= 15 is 0 Å². The van der Waals surface area contributed by atoms with Crippen LogP contribution >= 0.6 is 11.8 Å². The predicted octanol–water partition coefficient (Wildman–Crippen LogP) is 3.76. The summed E-state index contributed by atoms with van der Waals surface area (Å²) in [5, 5.41) is 2.91. The summed E-state index contributed by atoms with van der Waals surface area (Å²) < 4.78 is 42.3. The Morgan fingerprint density at radius 1 is 1.03 bits per heavy atom. The Labute approximate surface area is 198 Å². The van der Waals surface area contributed by atoms with Crippen LogP contribution in [-0.2, 0) is 10.0 Å². The Morgan fingerprint density at radius 2 is 1.82 bits per heavy atom. The quantitative estimate of drug-likeness (QED) is 0.334. The number of sulfonamides is 1. The molecule has 8 nitrogen and oxygen atoms in total. The van der Waals surface area contributed by atoms with Crippen molar-refractivity contribution in [3.8, 4) is 0 Å². The van der Waals surface area contributed by atoms with Gasteiger partial charge in [-0.3, -0.25) is 9.52 Å². The van der Waals surface area contributed by atoms with Gasteiger partial charge < -0.3 is 15.3 Å². The highest BCUT2D eigenvalue weighted by molar-refractivity contribution is 7.99. The maximum Gasteiger partial charge on any atom is 0.323 e. The van der Waals surface area contributed by atoms with Crippen molar-refractivity contribution in [1.29, 1.82) is 0 Å². The third kappa shape index (κ3) is 4.31. The number of anilines is 1. The molecule has 2 heterocycles. The zero-order chi connectivity index (χ0) is 23.9. The number of hydrogen-bond acceptors (Lipinski definition) is 5. The Bertz CT molecular complexity index is 1580. The number of halogens is 1. The number of aromatic nitrogens is 2. The van der Waals surface area contributed by atoms with Gasteiger partial charge in [-0.2, -0.15) is 0 Å². The fourth-order valence-corrected chi connectivity index (χ4v) is 6.11. The number of para-hydroxylation sites is 1. The highest BCUT2D eigenvalue weighted by Gasteiger charge is 2.25. The van der Waals surface area contributed by atoms with Crippen molar-refractivity contribution in [2.45, 2.75) is 22.3 Å². The number of hydrogen-bond donors (Lipinski definition) is 4. The van der Waals surface area contributed by atoms with Crippen LogP contribution in [0.1, 0.15) is 28.4 Å². The van der Waals surface area contributed by atoms with E-state index in [1.165, 1.54) is 42.5 Å². The maximum absolute atomic E-state index is 13.8. The Balaban J connectivity index is 1.42. The van der Waals surface area contributed by atoms with Gasteiger partial charge in [-0.25, -0.2) is 17.6 Å². The second-order valence-corrected chi connectivity index (χ2v) is 10.6. The number of thioether (sulfide) groups is 1. The second kappa shape index (κ2) is 8.65. The largest absolute Gasteiger partial charge is 0.345 e. The molecule has 1 aromatic heterocycles. The van der Waals surface area contributed by atoms with Crippen LogP contribution in [0.2, 0.25) is 0 Å². The molecular formula is C23H19FN4O4S2. The first-order valence-corrected chi connectivity index (χ1v) is 12.8. The minimum Gasteiger partial charge on any atom is -0.345 e. The molecule has 34 heavy (non-hydrogen) atoms. The van der Waals surface area contributed by atoms with E-state index in [0.717, 1.165) is 10.6 Å². The number of nitrogens with one attached hydrogen (secondary N) is 4. The van der Waals surface area contributed by atoms with Gasteiger partial charge in [0.25, 0.3) is 15.9 Å². The van der Waals surface area contributed by atoms with Gasteiger partial charge >= 0.3 is 5.69 Å². The van der Waals surface area contributed by atoms with Gasteiger partial charge in [0.05, 0.1) is 33.2 Å². The van der Waals surface area contributed by atoms with E-state index in [1.807, 2.05) is 0 Å². The molecule has 0 saturated carbocycles. The highest BCUT2D eigenvalue weighted by atomic mass is 32.2. The molecule has 0 radical (unpaired) electrons. The normalized spacial score (nSPS) is 15.6. The van der Waals surface area contributed by atoms with E-state index < -0.39 is 27.7 Å². The SMILES string of the molecule is O=C(NC1CCSc2ccc(F)cc21)c1ccccc1NS(=O)(=O)c1ccc2[nH]c(=O)[nH]c2c1. The van der Waals surface area contributed by atoms with Gasteiger partial charge in [0, 0.05) is 10.6 Å². The Morgan fingerprint density at radius 3 is 2.68 bits per heavy atom. The average molecular weight is 499 g/mol. The van der Waals surface area contributed by atoms with Crippen LogP contribution in [0.3, 0.4) is 0 Å². The van der Waals surface area contributed by atoms with E-state index in [2.05, 4.69) is 20.0 Å². The first-order valence-electron chi connectivity index (χ1n) is 10.4. The van der Waals surface area contributed by atoms with Crippen LogP contribution in [-0.4, -0.2) is 30.0 Å². The minimum absolute atomic E-state index is 0.0702. The zero-order valence-electron chi connectivity index (χ0n) is 17.6. The van der Waals surface area contributed by atoms with Gasteiger partial charge in [-0.15, -0.1) is 11.8 Å². The lowest BCUT2D eigenvalue weighted by atomic mass is 10.0. The van der Waals surface area contributed by atoms with Gasteiger partial charge in [-0.1, -0.05) is 12.1 Å². The second-order valence-electron chi connectivity index (χ2n) is 7.78. The summed E-state index contributed by atoms with van der Waals surface area (Å²) in [6, 6.07) is 14.6. The molecule has 1 amide bonds. The summed E-state index contributed by atoms with van der Waals surface area (Å²) in [5.41, 5.74) is 1.33. The molecule has 1 unspecified atom stereocenters. The molecule has 0 fully saturated rings. The lowest BCUT2D eigenvalue weighted by molar-refractivity contribution is 0.0935. The van der Waals surface area contributed by atoms with E-state index in [9.17, 15) is 22.4 Å². The smallest absolute Gasteiger partial charge is 0.323 e. The molecular weight excluding hydrogens is 479 g/mol. The van der Waals surface area contributed by atoms with Crippen molar-refractivity contribution in [3.63, 3.8) is 0 Å². The van der Waals surface area contributed by atoms with Gasteiger partial charge in [-0.05, 0) is 60.5 Å².